The van der Waals surface area contributed by atoms with Crippen LogP contribution in [0.25, 0.3) is 0 Å². The standard InChI is InChI=1S/C12H18N2S/c1-13-9-11-5-6-12(15-11)10-14-7-3-2-4-8-14/h2-3,5-6,13H,4,7-10H2,1H3. The third-order valence-electron chi connectivity index (χ3n) is 2.59. The summed E-state index contributed by atoms with van der Waals surface area (Å²) in [6, 6.07) is 4.49. The molecule has 0 bridgehead atoms. The van der Waals surface area contributed by atoms with Crippen molar-refractivity contribution >= 4 is 11.3 Å². The van der Waals surface area contributed by atoms with Crippen molar-refractivity contribution in [3.05, 3.63) is 34.0 Å². The minimum Gasteiger partial charge on any atom is -0.315 e. The van der Waals surface area contributed by atoms with E-state index in [1.54, 1.807) is 0 Å². The third-order valence-corrected chi connectivity index (χ3v) is 3.66. The van der Waals surface area contributed by atoms with E-state index < -0.39 is 0 Å². The minimum absolute atomic E-state index is 0.991. The van der Waals surface area contributed by atoms with Gasteiger partial charge in [0.1, 0.15) is 0 Å². The van der Waals surface area contributed by atoms with Crippen LogP contribution in [0.3, 0.4) is 0 Å². The van der Waals surface area contributed by atoms with Gasteiger partial charge in [0.25, 0.3) is 0 Å². The summed E-state index contributed by atoms with van der Waals surface area (Å²) in [6.07, 6.45) is 5.75. The van der Waals surface area contributed by atoms with Crippen LogP contribution >= 0.6 is 11.3 Å². The zero-order valence-electron chi connectivity index (χ0n) is 9.20. The molecular weight excluding hydrogens is 204 g/mol. The zero-order valence-corrected chi connectivity index (χ0v) is 10.0. The van der Waals surface area contributed by atoms with E-state index in [0.29, 0.717) is 0 Å². The normalized spacial score (nSPS) is 17.1. The van der Waals surface area contributed by atoms with Gasteiger partial charge in [0.05, 0.1) is 0 Å². The highest BCUT2D eigenvalue weighted by molar-refractivity contribution is 7.11. The highest BCUT2D eigenvalue weighted by atomic mass is 32.1. The molecule has 0 atom stereocenters. The van der Waals surface area contributed by atoms with Crippen molar-refractivity contribution in [2.24, 2.45) is 0 Å². The first kappa shape index (κ1) is 10.9. The number of nitrogens with one attached hydrogen (secondary N) is 1. The number of nitrogens with zero attached hydrogens (tertiary/aromatic N) is 1. The molecule has 1 aromatic heterocycles. The van der Waals surface area contributed by atoms with E-state index in [9.17, 15) is 0 Å². The molecule has 0 aromatic carbocycles. The van der Waals surface area contributed by atoms with Crippen molar-refractivity contribution in [2.75, 3.05) is 20.1 Å². The second-order valence-electron chi connectivity index (χ2n) is 3.89. The van der Waals surface area contributed by atoms with E-state index >= 15 is 0 Å². The fourth-order valence-electron chi connectivity index (χ4n) is 1.83. The van der Waals surface area contributed by atoms with Crippen LogP contribution in [-0.2, 0) is 13.1 Å². The first-order valence-electron chi connectivity index (χ1n) is 5.48. The summed E-state index contributed by atoms with van der Waals surface area (Å²) >= 11 is 1.92. The molecule has 2 heterocycles. The van der Waals surface area contributed by atoms with Gasteiger partial charge in [0.2, 0.25) is 0 Å². The lowest BCUT2D eigenvalue weighted by molar-refractivity contribution is 0.293. The third kappa shape index (κ3) is 3.16. The molecule has 0 saturated carbocycles. The molecule has 1 aliphatic rings. The molecule has 2 nitrogen and oxygen atoms in total. The predicted octanol–water partition coefficient (Wildman–Crippen LogP) is 2.23. The van der Waals surface area contributed by atoms with Crippen LogP contribution in [0.15, 0.2) is 24.3 Å². The van der Waals surface area contributed by atoms with E-state index in [1.807, 2.05) is 18.4 Å². The summed E-state index contributed by atoms with van der Waals surface area (Å²) < 4.78 is 0. The van der Waals surface area contributed by atoms with Gasteiger partial charge in [0.15, 0.2) is 0 Å². The van der Waals surface area contributed by atoms with Crippen LogP contribution in [-0.4, -0.2) is 25.0 Å². The second-order valence-corrected chi connectivity index (χ2v) is 5.15. The number of hydrogen-bond donors (Lipinski definition) is 1. The zero-order chi connectivity index (χ0) is 10.5. The van der Waals surface area contributed by atoms with Gasteiger partial charge in [-0.25, -0.2) is 0 Å². The average molecular weight is 222 g/mol. The Labute approximate surface area is 95.6 Å². The lowest BCUT2D eigenvalue weighted by atomic mass is 10.2. The fraction of sp³-hybridized carbons (Fsp3) is 0.500. The Bertz CT molecular complexity index is 330. The Balaban J connectivity index is 1.89. The van der Waals surface area contributed by atoms with Crippen molar-refractivity contribution < 1.29 is 0 Å². The quantitative estimate of drug-likeness (QED) is 0.786. The molecule has 3 heteroatoms. The number of hydrogen-bond acceptors (Lipinski definition) is 3. The Kier molecular flexibility index (Phi) is 3.94. The highest BCUT2D eigenvalue weighted by Crippen LogP contribution is 2.19. The van der Waals surface area contributed by atoms with Gasteiger partial charge in [-0.2, -0.15) is 0 Å². The lowest BCUT2D eigenvalue weighted by Gasteiger charge is -2.21. The van der Waals surface area contributed by atoms with Crippen LogP contribution in [0.2, 0.25) is 0 Å². The van der Waals surface area contributed by atoms with Crippen molar-refractivity contribution in [3.8, 4) is 0 Å². The fourth-order valence-corrected chi connectivity index (χ4v) is 2.90. The van der Waals surface area contributed by atoms with Crippen LogP contribution in [0, 0.1) is 0 Å². The molecular formula is C12H18N2S. The van der Waals surface area contributed by atoms with Gasteiger partial charge in [0, 0.05) is 35.9 Å². The molecule has 0 aliphatic carbocycles. The summed E-state index contributed by atoms with van der Waals surface area (Å²) in [5.41, 5.74) is 0. The maximum atomic E-state index is 3.19. The molecule has 1 aliphatic heterocycles. The largest absolute Gasteiger partial charge is 0.315 e. The smallest absolute Gasteiger partial charge is 0.0331 e. The van der Waals surface area contributed by atoms with Gasteiger partial charge < -0.3 is 5.32 Å². The van der Waals surface area contributed by atoms with E-state index in [1.165, 1.54) is 22.7 Å². The highest BCUT2D eigenvalue weighted by Gasteiger charge is 2.08. The predicted molar refractivity (Wildman–Crippen MR) is 66.1 cm³/mol. The van der Waals surface area contributed by atoms with Gasteiger partial charge in [-0.15, -0.1) is 11.3 Å². The molecule has 15 heavy (non-hydrogen) atoms. The molecule has 82 valence electrons. The molecule has 2 rings (SSSR count). The molecule has 0 spiro atoms. The molecule has 0 unspecified atom stereocenters. The molecule has 0 saturated heterocycles. The van der Waals surface area contributed by atoms with Gasteiger partial charge in [-0.05, 0) is 25.6 Å². The van der Waals surface area contributed by atoms with Gasteiger partial charge in [-0.1, -0.05) is 12.2 Å². The Morgan fingerprint density at radius 1 is 1.33 bits per heavy atom. The van der Waals surface area contributed by atoms with E-state index in [-0.39, 0.29) is 0 Å². The number of rotatable bonds is 4. The second kappa shape index (κ2) is 5.45. The van der Waals surface area contributed by atoms with Crippen LogP contribution in [0.4, 0.5) is 0 Å². The summed E-state index contributed by atoms with van der Waals surface area (Å²) in [6.45, 7) is 4.41. The maximum absolute atomic E-state index is 3.19. The van der Waals surface area contributed by atoms with Crippen LogP contribution in [0.1, 0.15) is 16.2 Å². The van der Waals surface area contributed by atoms with Gasteiger partial charge >= 0.3 is 0 Å². The van der Waals surface area contributed by atoms with Crippen LogP contribution < -0.4 is 5.32 Å². The number of thiophene rings is 1. The van der Waals surface area contributed by atoms with E-state index in [4.69, 9.17) is 0 Å². The Morgan fingerprint density at radius 3 is 2.93 bits per heavy atom. The minimum atomic E-state index is 0.991. The first-order chi connectivity index (χ1) is 7.38. The maximum Gasteiger partial charge on any atom is 0.0331 e. The molecule has 0 radical (unpaired) electrons. The van der Waals surface area contributed by atoms with E-state index in [0.717, 1.165) is 19.6 Å². The molecule has 0 amide bonds. The van der Waals surface area contributed by atoms with Crippen molar-refractivity contribution in [2.45, 2.75) is 19.5 Å². The monoisotopic (exact) mass is 222 g/mol. The topological polar surface area (TPSA) is 15.3 Å². The van der Waals surface area contributed by atoms with Crippen molar-refractivity contribution in [1.29, 1.82) is 0 Å². The SMILES string of the molecule is CNCc1ccc(CN2CC=CCC2)s1. The van der Waals surface area contributed by atoms with E-state index in [2.05, 4.69) is 34.5 Å². The average Bonchev–Trinajstić information content (AvgIpc) is 2.68. The van der Waals surface area contributed by atoms with Gasteiger partial charge in [-0.3, -0.25) is 4.90 Å². The lowest BCUT2D eigenvalue weighted by Crippen LogP contribution is -2.26. The Hall–Kier alpha value is -0.640. The van der Waals surface area contributed by atoms with Crippen molar-refractivity contribution in [3.63, 3.8) is 0 Å². The first-order valence-corrected chi connectivity index (χ1v) is 6.29. The summed E-state index contributed by atoms with van der Waals surface area (Å²) in [5, 5.41) is 3.19. The van der Waals surface area contributed by atoms with Crippen LogP contribution in [0.5, 0.6) is 0 Å². The Morgan fingerprint density at radius 2 is 2.20 bits per heavy atom. The van der Waals surface area contributed by atoms with Crippen molar-refractivity contribution in [1.82, 2.24) is 10.2 Å². The summed E-state index contributed by atoms with van der Waals surface area (Å²) in [5.74, 6) is 0. The summed E-state index contributed by atoms with van der Waals surface area (Å²) in [4.78, 5) is 5.41. The molecule has 1 aromatic rings. The summed E-state index contributed by atoms with van der Waals surface area (Å²) in [7, 11) is 1.99. The molecule has 1 N–H and O–H groups in total. The molecule has 0 fully saturated rings.